The molecule has 0 aromatic heterocycles. The molecule has 1 amide bonds. The normalized spacial score (nSPS) is 26.4. The summed E-state index contributed by atoms with van der Waals surface area (Å²) in [5.74, 6) is 0.115. The summed E-state index contributed by atoms with van der Waals surface area (Å²) >= 11 is 0. The molecule has 1 saturated heterocycles. The van der Waals surface area contributed by atoms with E-state index >= 15 is 0 Å². The highest BCUT2D eigenvalue weighted by Gasteiger charge is 2.34. The molecule has 2 rings (SSSR count). The van der Waals surface area contributed by atoms with Gasteiger partial charge in [0.05, 0.1) is 18.1 Å². The molecule has 1 unspecified atom stereocenters. The first-order valence-electron chi connectivity index (χ1n) is 6.87. The molecule has 1 atom stereocenters. The standard InChI is InChI=1S/C13H24N2O2.ClH/c14-10-13(6-2-3-7-13)15-12(16)9-11-5-1-4-8-17-11;/h11H,1-10,14H2,(H,15,16);1H. The average Bonchev–Trinajstić information content (AvgIpc) is 2.79. The summed E-state index contributed by atoms with van der Waals surface area (Å²) < 4.78 is 5.59. The second-order valence-electron chi connectivity index (χ2n) is 5.43. The number of ether oxygens (including phenoxy) is 1. The smallest absolute Gasteiger partial charge is 0.223 e. The summed E-state index contributed by atoms with van der Waals surface area (Å²) in [4.78, 5) is 12.0. The van der Waals surface area contributed by atoms with Crippen LogP contribution >= 0.6 is 12.4 Å². The van der Waals surface area contributed by atoms with Crippen LogP contribution in [0.3, 0.4) is 0 Å². The van der Waals surface area contributed by atoms with Crippen LogP contribution in [0.25, 0.3) is 0 Å². The molecule has 1 aliphatic heterocycles. The first-order chi connectivity index (χ1) is 8.24. The highest BCUT2D eigenvalue weighted by molar-refractivity contribution is 5.85. The fourth-order valence-electron chi connectivity index (χ4n) is 2.95. The lowest BCUT2D eigenvalue weighted by atomic mass is 9.97. The summed E-state index contributed by atoms with van der Waals surface area (Å²) in [5, 5.41) is 3.15. The van der Waals surface area contributed by atoms with E-state index in [1.54, 1.807) is 0 Å². The van der Waals surface area contributed by atoms with Crippen LogP contribution in [0, 0.1) is 0 Å². The monoisotopic (exact) mass is 276 g/mol. The van der Waals surface area contributed by atoms with Crippen LogP contribution in [-0.2, 0) is 9.53 Å². The first kappa shape index (κ1) is 15.7. The van der Waals surface area contributed by atoms with Crippen LogP contribution in [-0.4, -0.2) is 30.7 Å². The number of carbonyl (C=O) groups is 1. The SMILES string of the molecule is Cl.NCC1(NC(=O)CC2CCCCO2)CCCC1. The van der Waals surface area contributed by atoms with Crippen molar-refractivity contribution in [1.29, 1.82) is 0 Å². The number of hydrogen-bond donors (Lipinski definition) is 2. The van der Waals surface area contributed by atoms with Crippen LogP contribution in [0.2, 0.25) is 0 Å². The van der Waals surface area contributed by atoms with Gasteiger partial charge in [-0.25, -0.2) is 0 Å². The van der Waals surface area contributed by atoms with Gasteiger partial charge in [0.1, 0.15) is 0 Å². The summed E-state index contributed by atoms with van der Waals surface area (Å²) in [7, 11) is 0. The largest absolute Gasteiger partial charge is 0.378 e. The van der Waals surface area contributed by atoms with Gasteiger partial charge in [0, 0.05) is 13.2 Å². The molecule has 1 heterocycles. The minimum absolute atomic E-state index is 0. The van der Waals surface area contributed by atoms with Crippen molar-refractivity contribution < 1.29 is 9.53 Å². The molecule has 0 aromatic rings. The lowest BCUT2D eigenvalue weighted by Gasteiger charge is -2.30. The number of halogens is 1. The minimum atomic E-state index is -0.119. The third-order valence-corrected chi connectivity index (χ3v) is 4.04. The number of carbonyl (C=O) groups excluding carboxylic acids is 1. The Hall–Kier alpha value is -0.320. The van der Waals surface area contributed by atoms with Crippen molar-refractivity contribution >= 4 is 18.3 Å². The van der Waals surface area contributed by atoms with Crippen LogP contribution in [0.4, 0.5) is 0 Å². The Balaban J connectivity index is 0.00000162. The van der Waals surface area contributed by atoms with Crippen LogP contribution in [0.1, 0.15) is 51.4 Å². The summed E-state index contributed by atoms with van der Waals surface area (Å²) in [6.07, 6.45) is 8.37. The summed E-state index contributed by atoms with van der Waals surface area (Å²) in [6, 6.07) is 0. The van der Waals surface area contributed by atoms with E-state index < -0.39 is 0 Å². The van der Waals surface area contributed by atoms with Gasteiger partial charge in [0.15, 0.2) is 0 Å². The van der Waals surface area contributed by atoms with Gasteiger partial charge < -0.3 is 15.8 Å². The van der Waals surface area contributed by atoms with Gasteiger partial charge in [-0.15, -0.1) is 12.4 Å². The molecule has 0 bridgehead atoms. The zero-order chi connectivity index (χ0) is 12.1. The number of rotatable bonds is 4. The summed E-state index contributed by atoms with van der Waals surface area (Å²) in [5.41, 5.74) is 5.68. The number of nitrogens with two attached hydrogens (primary N) is 1. The second-order valence-corrected chi connectivity index (χ2v) is 5.43. The highest BCUT2D eigenvalue weighted by atomic mass is 35.5. The van der Waals surface area contributed by atoms with Crippen molar-refractivity contribution in [2.24, 2.45) is 5.73 Å². The lowest BCUT2D eigenvalue weighted by molar-refractivity contribution is -0.126. The fourth-order valence-corrected chi connectivity index (χ4v) is 2.95. The molecule has 5 heteroatoms. The van der Waals surface area contributed by atoms with Crippen molar-refractivity contribution in [2.75, 3.05) is 13.2 Å². The fraction of sp³-hybridized carbons (Fsp3) is 0.923. The van der Waals surface area contributed by atoms with Crippen molar-refractivity contribution in [3.8, 4) is 0 Å². The maximum Gasteiger partial charge on any atom is 0.223 e. The van der Waals surface area contributed by atoms with Gasteiger partial charge in [-0.2, -0.15) is 0 Å². The van der Waals surface area contributed by atoms with Crippen molar-refractivity contribution in [2.45, 2.75) is 63.0 Å². The third-order valence-electron chi connectivity index (χ3n) is 4.04. The van der Waals surface area contributed by atoms with E-state index in [4.69, 9.17) is 10.5 Å². The van der Waals surface area contributed by atoms with Crippen LogP contribution in [0.5, 0.6) is 0 Å². The van der Waals surface area contributed by atoms with E-state index in [9.17, 15) is 4.79 Å². The molecule has 18 heavy (non-hydrogen) atoms. The molecule has 3 N–H and O–H groups in total. The topological polar surface area (TPSA) is 64.3 Å². The molecule has 0 spiro atoms. The number of hydrogen-bond acceptors (Lipinski definition) is 3. The second kappa shape index (κ2) is 7.31. The van der Waals surface area contributed by atoms with Crippen LogP contribution in [0.15, 0.2) is 0 Å². The van der Waals surface area contributed by atoms with Crippen molar-refractivity contribution in [3.05, 3.63) is 0 Å². The molecule has 0 radical (unpaired) electrons. The van der Waals surface area contributed by atoms with E-state index in [-0.39, 0.29) is 30.0 Å². The number of amides is 1. The highest BCUT2D eigenvalue weighted by Crippen LogP contribution is 2.29. The number of nitrogens with one attached hydrogen (secondary N) is 1. The van der Waals surface area contributed by atoms with Crippen molar-refractivity contribution in [3.63, 3.8) is 0 Å². The van der Waals surface area contributed by atoms with Gasteiger partial charge in [-0.05, 0) is 32.1 Å². The Morgan fingerprint density at radius 1 is 1.28 bits per heavy atom. The lowest BCUT2D eigenvalue weighted by Crippen LogP contribution is -2.52. The Kier molecular flexibility index (Phi) is 6.39. The Morgan fingerprint density at radius 3 is 2.56 bits per heavy atom. The predicted molar refractivity (Wildman–Crippen MR) is 73.9 cm³/mol. The van der Waals surface area contributed by atoms with E-state index in [0.717, 1.165) is 32.3 Å². The molecule has 4 nitrogen and oxygen atoms in total. The zero-order valence-electron chi connectivity index (χ0n) is 11.0. The molecule has 1 saturated carbocycles. The zero-order valence-corrected chi connectivity index (χ0v) is 11.8. The van der Waals surface area contributed by atoms with E-state index in [1.807, 2.05) is 0 Å². The van der Waals surface area contributed by atoms with E-state index in [2.05, 4.69) is 5.32 Å². The average molecular weight is 277 g/mol. The van der Waals surface area contributed by atoms with E-state index in [1.165, 1.54) is 19.3 Å². The Morgan fingerprint density at radius 2 is 2.00 bits per heavy atom. The molecule has 106 valence electrons. The van der Waals surface area contributed by atoms with Crippen molar-refractivity contribution in [1.82, 2.24) is 5.32 Å². The van der Waals surface area contributed by atoms with Gasteiger partial charge >= 0.3 is 0 Å². The van der Waals surface area contributed by atoms with E-state index in [0.29, 0.717) is 13.0 Å². The maximum absolute atomic E-state index is 12.0. The molecule has 0 aromatic carbocycles. The molecule has 2 fully saturated rings. The molecular weight excluding hydrogens is 252 g/mol. The van der Waals surface area contributed by atoms with Crippen LogP contribution < -0.4 is 11.1 Å². The van der Waals surface area contributed by atoms with Gasteiger partial charge in [0.2, 0.25) is 5.91 Å². The quantitative estimate of drug-likeness (QED) is 0.822. The minimum Gasteiger partial charge on any atom is -0.378 e. The first-order valence-corrected chi connectivity index (χ1v) is 6.87. The Labute approximate surface area is 115 Å². The Bertz CT molecular complexity index is 262. The predicted octanol–water partition coefficient (Wildman–Crippen LogP) is 1.76. The molecular formula is C13H25ClN2O2. The maximum atomic E-state index is 12.0. The third kappa shape index (κ3) is 4.11. The van der Waals surface area contributed by atoms with Gasteiger partial charge in [0.25, 0.3) is 0 Å². The van der Waals surface area contributed by atoms with Gasteiger partial charge in [-0.3, -0.25) is 4.79 Å². The summed E-state index contributed by atoms with van der Waals surface area (Å²) in [6.45, 7) is 1.37. The van der Waals surface area contributed by atoms with Gasteiger partial charge in [-0.1, -0.05) is 12.8 Å². The molecule has 2 aliphatic rings. The molecule has 1 aliphatic carbocycles.